The molecule has 2 saturated heterocycles. The van der Waals surface area contributed by atoms with Gasteiger partial charge < -0.3 is 34.5 Å². The molecule has 3 amide bonds. The van der Waals surface area contributed by atoms with Crippen molar-refractivity contribution in [2.45, 2.75) is 80.9 Å². The van der Waals surface area contributed by atoms with Crippen molar-refractivity contribution in [2.24, 2.45) is 0 Å². The van der Waals surface area contributed by atoms with Gasteiger partial charge in [-0.3, -0.25) is 28.9 Å². The number of aliphatic hydroxyl groups excluding tert-OH is 3. The van der Waals surface area contributed by atoms with Crippen LogP contribution in [0.5, 0.6) is 5.75 Å². The first-order valence-electron chi connectivity index (χ1n) is 16.6. The molecule has 17 heteroatoms. The van der Waals surface area contributed by atoms with Gasteiger partial charge in [0.2, 0.25) is 17.7 Å². The number of benzene rings is 1. The molecule has 3 N–H and O–H groups in total. The SMILES string of the molecule is CC.CCC(=O)C1=C(C(=O)OC)SC2=C(c3cc(OC)ccc3N(C(=O)CN3C(=O)CCC3=O)C2(C)C)C12SC(C=O)C(C(C)=O)S2.CO.CO.CO. The number of hydrogen-bond donors (Lipinski definition) is 3. The van der Waals surface area contributed by atoms with Gasteiger partial charge in [-0.1, -0.05) is 32.5 Å². The molecule has 3 unspecified atom stereocenters. The van der Waals surface area contributed by atoms with E-state index in [0.717, 1.165) is 61.5 Å². The van der Waals surface area contributed by atoms with Crippen LogP contribution in [0.25, 0.3) is 5.57 Å². The Morgan fingerprint density at radius 2 is 1.53 bits per heavy atom. The van der Waals surface area contributed by atoms with Gasteiger partial charge in [-0.2, -0.15) is 0 Å². The Labute approximate surface area is 323 Å². The highest BCUT2D eigenvalue weighted by molar-refractivity contribution is 8.24. The lowest BCUT2D eigenvalue weighted by Gasteiger charge is -2.51. The number of carbonyl (C=O) groups is 7. The molecule has 14 nitrogen and oxygen atoms in total. The fourth-order valence-corrected chi connectivity index (χ4v) is 11.9. The molecule has 4 heterocycles. The number of methoxy groups -OCH3 is 2. The number of Topliss-reactive ketones (excluding diaryl/α,β-unsaturated/α-hetero) is 2. The third kappa shape index (κ3) is 8.92. The molecule has 0 radical (unpaired) electrons. The van der Waals surface area contributed by atoms with Crippen LogP contribution >= 0.6 is 35.3 Å². The van der Waals surface area contributed by atoms with E-state index in [4.69, 9.17) is 24.8 Å². The lowest BCUT2D eigenvalue weighted by atomic mass is 9.82. The van der Waals surface area contributed by atoms with E-state index >= 15 is 0 Å². The molecule has 4 aliphatic heterocycles. The van der Waals surface area contributed by atoms with Crippen LogP contribution in [0.3, 0.4) is 0 Å². The number of fused-ring (bicyclic) bond motifs is 3. The average Bonchev–Trinajstić information content (AvgIpc) is 3.72. The smallest absolute Gasteiger partial charge is 0.345 e. The maximum atomic E-state index is 14.2. The molecule has 294 valence electrons. The van der Waals surface area contributed by atoms with Gasteiger partial charge in [-0.15, -0.1) is 23.5 Å². The van der Waals surface area contributed by atoms with Gasteiger partial charge in [0.15, 0.2) is 5.78 Å². The van der Waals surface area contributed by atoms with E-state index < -0.39 is 50.4 Å². The summed E-state index contributed by atoms with van der Waals surface area (Å²) in [5, 5.41) is 19.3. The number of esters is 1. The van der Waals surface area contributed by atoms with Crippen molar-refractivity contribution < 1.29 is 58.4 Å². The fraction of sp³-hybridized carbons (Fsp3) is 0.528. The zero-order valence-electron chi connectivity index (χ0n) is 31.9. The molecule has 5 rings (SSSR count). The van der Waals surface area contributed by atoms with E-state index in [2.05, 4.69) is 0 Å². The van der Waals surface area contributed by atoms with Gasteiger partial charge in [0.1, 0.15) is 33.3 Å². The molecule has 1 aromatic carbocycles. The molecular formula is C36H50N2O12S3. The summed E-state index contributed by atoms with van der Waals surface area (Å²) in [5.74, 6) is -2.34. The summed E-state index contributed by atoms with van der Waals surface area (Å²) >= 11 is 3.28. The summed E-state index contributed by atoms with van der Waals surface area (Å²) in [6.07, 6.45) is 0.784. The topological polar surface area (TPSA) is 205 Å². The number of amides is 3. The van der Waals surface area contributed by atoms with Crippen molar-refractivity contribution in [3.05, 3.63) is 39.1 Å². The maximum absolute atomic E-state index is 14.2. The summed E-state index contributed by atoms with van der Waals surface area (Å²) in [7, 11) is 5.69. The number of anilines is 1. The highest BCUT2D eigenvalue weighted by Crippen LogP contribution is 2.70. The number of thioether (sulfide) groups is 3. The first-order chi connectivity index (χ1) is 25.3. The lowest BCUT2D eigenvalue weighted by molar-refractivity contribution is -0.142. The Morgan fingerprint density at radius 3 is 1.98 bits per heavy atom. The number of ketones is 2. The number of likely N-dealkylation sites (tertiary alicyclic amines) is 1. The van der Waals surface area contributed by atoms with Crippen LogP contribution in [0.1, 0.15) is 66.4 Å². The number of hydrogen-bond acceptors (Lipinski definition) is 15. The highest BCUT2D eigenvalue weighted by atomic mass is 32.2. The Kier molecular flexibility index (Phi) is 18.7. The van der Waals surface area contributed by atoms with Crippen LogP contribution < -0.4 is 9.64 Å². The van der Waals surface area contributed by atoms with Crippen molar-refractivity contribution in [3.63, 3.8) is 0 Å². The van der Waals surface area contributed by atoms with E-state index in [-0.39, 0.29) is 41.3 Å². The van der Waals surface area contributed by atoms with E-state index in [0.29, 0.717) is 33.8 Å². The molecule has 0 bridgehead atoms. The van der Waals surface area contributed by atoms with Crippen LogP contribution in [-0.4, -0.2) is 124 Å². The van der Waals surface area contributed by atoms with Gasteiger partial charge in [0.05, 0.1) is 35.9 Å². The zero-order valence-corrected chi connectivity index (χ0v) is 34.4. The number of rotatable bonds is 8. The highest BCUT2D eigenvalue weighted by Gasteiger charge is 2.62. The maximum Gasteiger partial charge on any atom is 0.345 e. The Morgan fingerprint density at radius 1 is 0.962 bits per heavy atom. The number of aliphatic hydroxyl groups is 3. The summed E-state index contributed by atoms with van der Waals surface area (Å²) in [6.45, 7) is 10.1. The predicted octanol–water partition coefficient (Wildman–Crippen LogP) is 3.39. The minimum absolute atomic E-state index is 0.00803. The third-order valence-corrected chi connectivity index (χ3v) is 13.5. The van der Waals surface area contributed by atoms with Gasteiger partial charge in [-0.05, 0) is 39.0 Å². The lowest BCUT2D eigenvalue weighted by Crippen LogP contribution is -2.56. The summed E-state index contributed by atoms with van der Waals surface area (Å²) in [4.78, 5) is 94.7. The van der Waals surface area contributed by atoms with Crippen LogP contribution in [0.4, 0.5) is 5.69 Å². The fourth-order valence-electron chi connectivity index (χ4n) is 6.15. The quantitative estimate of drug-likeness (QED) is 0.196. The minimum atomic E-state index is -1.41. The monoisotopic (exact) mass is 798 g/mol. The average molecular weight is 799 g/mol. The molecule has 0 aromatic heterocycles. The van der Waals surface area contributed by atoms with Crippen LogP contribution in [-0.2, 0) is 38.3 Å². The molecule has 4 aliphatic rings. The van der Waals surface area contributed by atoms with Gasteiger partial charge in [0.25, 0.3) is 0 Å². The van der Waals surface area contributed by atoms with E-state index in [1.54, 1.807) is 39.0 Å². The second-order valence-electron chi connectivity index (χ2n) is 11.3. The molecule has 2 fully saturated rings. The number of imide groups is 1. The van der Waals surface area contributed by atoms with Crippen molar-refractivity contribution in [3.8, 4) is 5.75 Å². The first kappa shape index (κ1) is 47.5. The molecule has 53 heavy (non-hydrogen) atoms. The van der Waals surface area contributed by atoms with Crippen LogP contribution in [0.15, 0.2) is 33.6 Å². The van der Waals surface area contributed by atoms with Gasteiger partial charge in [-0.25, -0.2) is 4.79 Å². The van der Waals surface area contributed by atoms with Gasteiger partial charge >= 0.3 is 5.97 Å². The zero-order chi connectivity index (χ0) is 41.0. The normalized spacial score (nSPS) is 22.0. The minimum Gasteiger partial charge on any atom is -0.497 e. The Hall–Kier alpha value is -3.48. The molecular weight excluding hydrogens is 749 g/mol. The number of carbonyl (C=O) groups excluding carboxylic acids is 7. The number of ether oxygens (including phenoxy) is 2. The van der Waals surface area contributed by atoms with E-state index in [1.807, 2.05) is 13.8 Å². The third-order valence-electron chi connectivity index (χ3n) is 8.24. The Bertz CT molecular complexity index is 1620. The summed E-state index contributed by atoms with van der Waals surface area (Å²) in [5.41, 5.74) is 0.401. The van der Waals surface area contributed by atoms with E-state index in [1.165, 1.54) is 26.0 Å². The van der Waals surface area contributed by atoms with Crippen molar-refractivity contribution in [1.29, 1.82) is 0 Å². The number of nitrogens with zero attached hydrogens (tertiary/aromatic N) is 2. The van der Waals surface area contributed by atoms with Crippen molar-refractivity contribution in [2.75, 3.05) is 47.0 Å². The Balaban J connectivity index is 0.00000164. The number of aldehydes is 1. The second kappa shape index (κ2) is 20.8. The standard InChI is InChI=1S/C31H32N2O9S3.C2H6.3CH4O/c1-7-19(36)25-27(29(40)42-6)43-28-24(31(25)44-20(14-34)26(45-31)15(2)35)17-12-16(41-5)8-9-18(17)33(30(28,3)4)23(39)13-32-21(37)10-11-22(32)38;4*1-2/h8-9,12,14,20,26H,7,10-11,13H2,1-6H3;1-2H3;3*2H,1H3. The second-order valence-corrected chi connectivity index (χ2v) is 15.3. The molecule has 0 saturated carbocycles. The predicted molar refractivity (Wildman–Crippen MR) is 207 cm³/mol. The molecule has 1 aromatic rings. The van der Waals surface area contributed by atoms with Crippen LogP contribution in [0, 0.1) is 0 Å². The molecule has 1 spiro atoms. The van der Waals surface area contributed by atoms with Crippen molar-refractivity contribution >= 4 is 88.1 Å². The van der Waals surface area contributed by atoms with Crippen molar-refractivity contribution in [1.82, 2.24) is 4.90 Å². The molecule has 3 atom stereocenters. The molecule has 0 aliphatic carbocycles. The summed E-state index contributed by atoms with van der Waals surface area (Å²) in [6, 6.07) is 5.07. The largest absolute Gasteiger partial charge is 0.497 e. The van der Waals surface area contributed by atoms with E-state index in [9.17, 15) is 33.6 Å². The van der Waals surface area contributed by atoms with Crippen LogP contribution in [0.2, 0.25) is 0 Å². The first-order valence-corrected chi connectivity index (χ1v) is 19.1. The van der Waals surface area contributed by atoms with Gasteiger partial charge in [0, 0.05) is 62.2 Å². The summed E-state index contributed by atoms with van der Waals surface area (Å²) < 4.78 is 9.31.